The largest absolute Gasteiger partial charge is 0.489 e. The van der Waals surface area contributed by atoms with Crippen molar-refractivity contribution in [2.45, 2.75) is 6.61 Å². The topological polar surface area (TPSA) is 48.4 Å². The molecule has 2 heterocycles. The summed E-state index contributed by atoms with van der Waals surface area (Å²) in [4.78, 5) is 16.7. The molecule has 0 aliphatic rings. The lowest BCUT2D eigenvalue weighted by Crippen LogP contribution is -2.01. The van der Waals surface area contributed by atoms with Gasteiger partial charge in [-0.1, -0.05) is 0 Å². The van der Waals surface area contributed by atoms with Crippen LogP contribution in [0.4, 0.5) is 0 Å². The molecule has 3 rings (SSSR count). The average molecular weight is 299 g/mol. The van der Waals surface area contributed by atoms with Crippen LogP contribution in [-0.4, -0.2) is 18.1 Å². The first kappa shape index (κ1) is 13.6. The highest BCUT2D eigenvalue weighted by atomic mass is 32.1. The summed E-state index contributed by atoms with van der Waals surface area (Å²) in [5, 5.41) is 3.14. The molecule has 0 aliphatic heterocycles. The number of hydrogen-bond donors (Lipinski definition) is 0. The third kappa shape index (κ3) is 2.87. The second-order valence-electron chi connectivity index (χ2n) is 4.41. The molecule has 0 fully saturated rings. The Morgan fingerprint density at radius 1 is 1.19 bits per heavy atom. The molecule has 0 spiro atoms. The summed E-state index contributed by atoms with van der Waals surface area (Å²) in [6.07, 6.45) is 1.79. The maximum Gasteiger partial charge on any atom is 0.337 e. The summed E-state index contributed by atoms with van der Waals surface area (Å²) < 4.78 is 10.4. The van der Waals surface area contributed by atoms with E-state index in [-0.39, 0.29) is 5.97 Å². The highest BCUT2D eigenvalue weighted by molar-refractivity contribution is 7.16. The van der Waals surface area contributed by atoms with Gasteiger partial charge >= 0.3 is 5.97 Å². The van der Waals surface area contributed by atoms with Crippen molar-refractivity contribution in [3.63, 3.8) is 0 Å². The van der Waals surface area contributed by atoms with Gasteiger partial charge in [0.25, 0.3) is 0 Å². The first-order valence-corrected chi connectivity index (χ1v) is 7.28. The van der Waals surface area contributed by atoms with Gasteiger partial charge in [-0.25, -0.2) is 9.78 Å². The molecule has 1 aromatic carbocycles. The van der Waals surface area contributed by atoms with Gasteiger partial charge in [0.15, 0.2) is 0 Å². The molecular formula is C16H13NO3S. The Morgan fingerprint density at radius 2 is 2.00 bits per heavy atom. The molecule has 0 unspecified atom stereocenters. The van der Waals surface area contributed by atoms with Gasteiger partial charge in [0, 0.05) is 17.1 Å². The van der Waals surface area contributed by atoms with Gasteiger partial charge in [-0.15, -0.1) is 11.3 Å². The number of methoxy groups -OCH3 is 1. The van der Waals surface area contributed by atoms with Gasteiger partial charge in [-0.3, -0.25) is 0 Å². The molecule has 0 atom stereocenters. The molecule has 2 aromatic heterocycles. The number of fused-ring (bicyclic) bond motifs is 1. The predicted molar refractivity (Wildman–Crippen MR) is 81.7 cm³/mol. The monoisotopic (exact) mass is 299 g/mol. The summed E-state index contributed by atoms with van der Waals surface area (Å²) in [6.45, 7) is 0.466. The van der Waals surface area contributed by atoms with Crippen LogP contribution in [0.15, 0.2) is 48.0 Å². The molecule has 106 valence electrons. The van der Waals surface area contributed by atoms with E-state index >= 15 is 0 Å². The Hall–Kier alpha value is -2.40. The zero-order valence-electron chi connectivity index (χ0n) is 11.4. The lowest BCUT2D eigenvalue weighted by molar-refractivity contribution is 0.0600. The van der Waals surface area contributed by atoms with Crippen LogP contribution in [0.25, 0.3) is 10.2 Å². The lowest BCUT2D eigenvalue weighted by Gasteiger charge is -2.07. The fourth-order valence-electron chi connectivity index (χ4n) is 2.02. The van der Waals surface area contributed by atoms with Crippen LogP contribution >= 0.6 is 11.3 Å². The Morgan fingerprint density at radius 3 is 2.76 bits per heavy atom. The summed E-state index contributed by atoms with van der Waals surface area (Å²) in [7, 11) is 1.36. The van der Waals surface area contributed by atoms with Crippen molar-refractivity contribution >= 4 is 27.5 Å². The number of carbonyl (C=O) groups is 1. The number of benzene rings is 1. The van der Waals surface area contributed by atoms with Crippen LogP contribution in [0.1, 0.15) is 15.9 Å². The van der Waals surface area contributed by atoms with Gasteiger partial charge < -0.3 is 9.47 Å². The maximum absolute atomic E-state index is 11.4. The minimum absolute atomic E-state index is 0.351. The van der Waals surface area contributed by atoms with E-state index in [0.717, 1.165) is 15.8 Å². The minimum Gasteiger partial charge on any atom is -0.489 e. The van der Waals surface area contributed by atoms with Crippen molar-refractivity contribution in [2.24, 2.45) is 0 Å². The van der Waals surface area contributed by atoms with Crippen LogP contribution < -0.4 is 4.74 Å². The van der Waals surface area contributed by atoms with E-state index in [9.17, 15) is 4.79 Å². The van der Waals surface area contributed by atoms with Crippen LogP contribution in [0.3, 0.4) is 0 Å². The quantitative estimate of drug-likeness (QED) is 0.690. The normalized spacial score (nSPS) is 10.5. The van der Waals surface area contributed by atoms with Gasteiger partial charge in [-0.05, 0) is 41.8 Å². The molecular weight excluding hydrogens is 286 g/mol. The minimum atomic E-state index is -0.351. The van der Waals surface area contributed by atoms with Crippen LogP contribution in [0.2, 0.25) is 0 Å². The van der Waals surface area contributed by atoms with E-state index in [4.69, 9.17) is 4.74 Å². The fraction of sp³-hybridized carbons (Fsp3) is 0.125. The molecule has 5 heteroatoms. The van der Waals surface area contributed by atoms with E-state index in [1.165, 1.54) is 7.11 Å². The van der Waals surface area contributed by atoms with Gasteiger partial charge in [0.1, 0.15) is 17.2 Å². The van der Waals surface area contributed by atoms with E-state index in [0.29, 0.717) is 17.9 Å². The van der Waals surface area contributed by atoms with Gasteiger partial charge in [0.2, 0.25) is 0 Å². The summed E-state index contributed by atoms with van der Waals surface area (Å²) >= 11 is 1.61. The Kier molecular flexibility index (Phi) is 3.83. The van der Waals surface area contributed by atoms with Crippen molar-refractivity contribution in [1.29, 1.82) is 0 Å². The Bertz CT molecular complexity index is 765. The number of thiophene rings is 1. The summed E-state index contributed by atoms with van der Waals surface area (Å²) in [6, 6.07) is 10.9. The van der Waals surface area contributed by atoms with Crippen LogP contribution in [0, 0.1) is 0 Å². The van der Waals surface area contributed by atoms with Crippen molar-refractivity contribution < 1.29 is 14.3 Å². The Balaban J connectivity index is 1.73. The molecule has 4 nitrogen and oxygen atoms in total. The van der Waals surface area contributed by atoms with E-state index in [2.05, 4.69) is 9.72 Å². The van der Waals surface area contributed by atoms with Crippen molar-refractivity contribution in [2.75, 3.05) is 7.11 Å². The van der Waals surface area contributed by atoms with Gasteiger partial charge in [-0.2, -0.15) is 0 Å². The average Bonchev–Trinajstić information content (AvgIpc) is 3.02. The molecule has 0 radical (unpaired) electrons. The smallest absolute Gasteiger partial charge is 0.337 e. The van der Waals surface area contributed by atoms with Crippen molar-refractivity contribution in [3.8, 4) is 5.75 Å². The lowest BCUT2D eigenvalue weighted by atomic mass is 10.2. The molecule has 0 aliphatic carbocycles. The number of ether oxygens (including phenoxy) is 2. The molecule has 0 saturated heterocycles. The number of aromatic nitrogens is 1. The molecule has 0 saturated carbocycles. The first-order chi connectivity index (χ1) is 10.3. The molecule has 0 amide bonds. The van der Waals surface area contributed by atoms with Crippen LogP contribution in [0.5, 0.6) is 5.75 Å². The fourth-order valence-corrected chi connectivity index (χ4v) is 2.80. The summed E-state index contributed by atoms with van der Waals surface area (Å²) in [5.74, 6) is 0.360. The van der Waals surface area contributed by atoms with Crippen molar-refractivity contribution in [3.05, 3.63) is 59.1 Å². The van der Waals surface area contributed by atoms with Crippen LogP contribution in [-0.2, 0) is 11.3 Å². The van der Waals surface area contributed by atoms with Gasteiger partial charge in [0.05, 0.1) is 12.7 Å². The van der Waals surface area contributed by atoms with E-state index in [1.807, 2.05) is 17.5 Å². The number of esters is 1. The highest BCUT2D eigenvalue weighted by Gasteiger charge is 2.06. The number of pyridine rings is 1. The predicted octanol–water partition coefficient (Wildman–Crippen LogP) is 3.66. The number of carbonyl (C=O) groups excluding carboxylic acids is 1. The van der Waals surface area contributed by atoms with Crippen molar-refractivity contribution in [1.82, 2.24) is 4.98 Å². The highest BCUT2D eigenvalue weighted by Crippen LogP contribution is 2.23. The number of rotatable bonds is 4. The second kappa shape index (κ2) is 5.93. The summed E-state index contributed by atoms with van der Waals surface area (Å²) in [5.41, 5.74) is 1.60. The molecule has 0 bridgehead atoms. The SMILES string of the molecule is COC(=O)c1ccc(OCc2ccnc3sccc23)cc1. The molecule has 21 heavy (non-hydrogen) atoms. The zero-order chi connectivity index (χ0) is 14.7. The maximum atomic E-state index is 11.4. The Labute approximate surface area is 126 Å². The number of nitrogens with zero attached hydrogens (tertiary/aromatic N) is 1. The second-order valence-corrected chi connectivity index (χ2v) is 5.31. The first-order valence-electron chi connectivity index (χ1n) is 6.40. The molecule has 0 N–H and O–H groups in total. The third-order valence-electron chi connectivity index (χ3n) is 3.13. The molecule has 3 aromatic rings. The third-order valence-corrected chi connectivity index (χ3v) is 3.95. The number of hydrogen-bond acceptors (Lipinski definition) is 5. The van der Waals surface area contributed by atoms with E-state index in [1.54, 1.807) is 41.8 Å². The van der Waals surface area contributed by atoms with E-state index < -0.39 is 0 Å². The standard InChI is InChI=1S/C16H13NO3S/c1-19-16(18)11-2-4-13(5-3-11)20-10-12-6-8-17-15-14(12)7-9-21-15/h2-9H,10H2,1H3. The zero-order valence-corrected chi connectivity index (χ0v) is 12.2.